The van der Waals surface area contributed by atoms with Gasteiger partial charge in [-0.05, 0) is 37.1 Å². The van der Waals surface area contributed by atoms with Gasteiger partial charge in [0.15, 0.2) is 11.5 Å². The lowest BCUT2D eigenvalue weighted by Gasteiger charge is -2.33. The molecular formula is C25H24F6N4O4. The molecule has 3 atom stereocenters. The quantitative estimate of drug-likeness (QED) is 0.190. The highest BCUT2D eigenvalue weighted by Gasteiger charge is 2.39. The van der Waals surface area contributed by atoms with Crippen molar-refractivity contribution in [3.8, 4) is 22.8 Å². The standard InChI is InChI=1S/C25H24F6N4O4/c1-3-19-20(36-2)12-13-21(37-19)39-34-22(24(26,27)28)15-4-6-16(7-5-15)23-32-14-35(33-23)17-8-10-18(11-9-17)38-25(29,30)31/h4-11,14,19-21H,3,12-13H2,1-2H3/b34-22-/t19-,20+,21-/m0/s1. The van der Waals surface area contributed by atoms with Crippen molar-refractivity contribution in [2.45, 2.75) is 57.2 Å². The Hall–Kier alpha value is -3.65. The molecule has 0 bridgehead atoms. The summed E-state index contributed by atoms with van der Waals surface area (Å²) in [4.78, 5) is 9.27. The average molecular weight is 558 g/mol. The highest BCUT2D eigenvalue weighted by Crippen LogP contribution is 2.28. The summed E-state index contributed by atoms with van der Waals surface area (Å²) in [7, 11) is 1.55. The number of methoxy groups -OCH3 is 1. The normalized spacial score (nSPS) is 20.6. The van der Waals surface area contributed by atoms with Crippen LogP contribution in [0.25, 0.3) is 17.1 Å². The Labute approximate surface area is 219 Å². The number of alkyl halides is 6. The molecule has 0 aliphatic carbocycles. The molecule has 0 amide bonds. The van der Waals surface area contributed by atoms with Gasteiger partial charge in [-0.25, -0.2) is 9.67 Å². The first kappa shape index (κ1) is 28.4. The van der Waals surface area contributed by atoms with Crippen LogP contribution in [0.15, 0.2) is 60.0 Å². The largest absolute Gasteiger partial charge is 0.573 e. The van der Waals surface area contributed by atoms with Gasteiger partial charge in [0.2, 0.25) is 6.29 Å². The van der Waals surface area contributed by atoms with Crippen molar-refractivity contribution >= 4 is 5.71 Å². The van der Waals surface area contributed by atoms with Gasteiger partial charge in [-0.3, -0.25) is 0 Å². The Bertz CT molecular complexity index is 1260. The summed E-state index contributed by atoms with van der Waals surface area (Å²) in [6, 6.07) is 10.2. The first-order chi connectivity index (χ1) is 18.5. The summed E-state index contributed by atoms with van der Waals surface area (Å²) in [5.74, 6) is -0.208. The zero-order valence-electron chi connectivity index (χ0n) is 20.7. The summed E-state index contributed by atoms with van der Waals surface area (Å²) in [5.41, 5.74) is -0.651. The molecule has 0 N–H and O–H groups in total. The lowest BCUT2D eigenvalue weighted by molar-refractivity contribution is -0.274. The van der Waals surface area contributed by atoms with Gasteiger partial charge in [-0.1, -0.05) is 36.3 Å². The van der Waals surface area contributed by atoms with E-state index in [9.17, 15) is 26.3 Å². The van der Waals surface area contributed by atoms with E-state index in [-0.39, 0.29) is 23.6 Å². The van der Waals surface area contributed by atoms with E-state index >= 15 is 0 Å². The van der Waals surface area contributed by atoms with Crippen LogP contribution in [0, 0.1) is 0 Å². The second kappa shape index (κ2) is 11.6. The number of halogens is 6. The molecule has 2 heterocycles. The monoisotopic (exact) mass is 558 g/mol. The highest BCUT2D eigenvalue weighted by molar-refractivity contribution is 6.04. The maximum Gasteiger partial charge on any atom is 0.573 e. The molecule has 1 aliphatic heterocycles. The maximum atomic E-state index is 13.8. The number of ether oxygens (including phenoxy) is 3. The van der Waals surface area contributed by atoms with E-state index in [4.69, 9.17) is 14.3 Å². The predicted molar refractivity (Wildman–Crippen MR) is 126 cm³/mol. The molecule has 210 valence electrons. The number of nitrogens with zero attached hydrogens (tertiary/aromatic N) is 4. The zero-order chi connectivity index (χ0) is 28.2. The number of oxime groups is 1. The van der Waals surface area contributed by atoms with Crippen molar-refractivity contribution in [2.75, 3.05) is 7.11 Å². The fraction of sp³-hybridized carbons (Fsp3) is 0.400. The fourth-order valence-electron chi connectivity index (χ4n) is 4.02. The van der Waals surface area contributed by atoms with Gasteiger partial charge < -0.3 is 19.0 Å². The zero-order valence-corrected chi connectivity index (χ0v) is 20.7. The van der Waals surface area contributed by atoms with E-state index in [1.54, 1.807) is 7.11 Å². The van der Waals surface area contributed by atoms with Crippen LogP contribution in [-0.2, 0) is 14.3 Å². The van der Waals surface area contributed by atoms with Crippen LogP contribution in [-0.4, -0.2) is 58.6 Å². The van der Waals surface area contributed by atoms with Crippen LogP contribution in [0.2, 0.25) is 0 Å². The van der Waals surface area contributed by atoms with E-state index in [2.05, 4.69) is 20.0 Å². The number of hydrogen-bond donors (Lipinski definition) is 0. The minimum atomic E-state index is -4.81. The molecule has 0 spiro atoms. The molecule has 3 aromatic rings. The van der Waals surface area contributed by atoms with Crippen LogP contribution >= 0.6 is 0 Å². The SMILES string of the molecule is CC[C@@H]1O[C@@H](O/N=C(/c2ccc(-c3ncn(-c4ccc(OC(F)(F)F)cc4)n3)cc2)C(F)(F)F)CC[C@H]1OC. The van der Waals surface area contributed by atoms with Crippen LogP contribution in [0.1, 0.15) is 31.7 Å². The summed E-state index contributed by atoms with van der Waals surface area (Å²) in [6.07, 6.45) is -8.18. The van der Waals surface area contributed by atoms with Crippen molar-refractivity contribution in [1.29, 1.82) is 0 Å². The molecular weight excluding hydrogens is 534 g/mol. The highest BCUT2D eigenvalue weighted by atomic mass is 19.4. The maximum absolute atomic E-state index is 13.8. The summed E-state index contributed by atoms with van der Waals surface area (Å²) in [6.45, 7) is 1.88. The Kier molecular flexibility index (Phi) is 8.45. The van der Waals surface area contributed by atoms with E-state index < -0.39 is 30.3 Å². The van der Waals surface area contributed by atoms with Gasteiger partial charge in [0.25, 0.3) is 0 Å². The lowest BCUT2D eigenvalue weighted by Crippen LogP contribution is -2.40. The molecule has 1 fully saturated rings. The van der Waals surface area contributed by atoms with Crippen LogP contribution < -0.4 is 4.74 Å². The van der Waals surface area contributed by atoms with Gasteiger partial charge in [0, 0.05) is 24.7 Å². The number of benzene rings is 2. The fourth-order valence-corrected chi connectivity index (χ4v) is 4.02. The molecule has 1 saturated heterocycles. The Balaban J connectivity index is 1.47. The van der Waals surface area contributed by atoms with Crippen LogP contribution in [0.3, 0.4) is 0 Å². The third-order valence-electron chi connectivity index (χ3n) is 5.91. The van der Waals surface area contributed by atoms with E-state index in [0.717, 1.165) is 12.1 Å². The number of rotatable bonds is 8. The van der Waals surface area contributed by atoms with Crippen molar-refractivity contribution in [3.63, 3.8) is 0 Å². The van der Waals surface area contributed by atoms with Gasteiger partial charge in [-0.15, -0.1) is 18.3 Å². The molecule has 0 radical (unpaired) electrons. The third kappa shape index (κ3) is 7.26. The molecule has 1 aromatic heterocycles. The van der Waals surface area contributed by atoms with Crippen molar-refractivity contribution in [3.05, 3.63) is 60.4 Å². The summed E-state index contributed by atoms with van der Waals surface area (Å²) >= 11 is 0. The molecule has 4 rings (SSSR count). The van der Waals surface area contributed by atoms with Gasteiger partial charge in [-0.2, -0.15) is 13.2 Å². The first-order valence-electron chi connectivity index (χ1n) is 11.8. The second-order valence-electron chi connectivity index (χ2n) is 8.54. The van der Waals surface area contributed by atoms with Crippen LogP contribution in [0.4, 0.5) is 26.3 Å². The van der Waals surface area contributed by atoms with Crippen molar-refractivity contribution < 1.29 is 45.4 Å². The van der Waals surface area contributed by atoms with Crippen LogP contribution in [0.5, 0.6) is 5.75 Å². The summed E-state index contributed by atoms with van der Waals surface area (Å²) in [5, 5.41) is 7.64. The van der Waals surface area contributed by atoms with E-state index in [1.165, 1.54) is 47.4 Å². The molecule has 39 heavy (non-hydrogen) atoms. The van der Waals surface area contributed by atoms with Crippen molar-refractivity contribution in [1.82, 2.24) is 14.8 Å². The molecule has 8 nitrogen and oxygen atoms in total. The van der Waals surface area contributed by atoms with Gasteiger partial charge >= 0.3 is 12.5 Å². The number of aromatic nitrogens is 3. The summed E-state index contributed by atoms with van der Waals surface area (Å²) < 4.78 is 94.5. The molecule has 14 heteroatoms. The molecule has 1 aliphatic rings. The first-order valence-corrected chi connectivity index (χ1v) is 11.8. The Morgan fingerprint density at radius 3 is 2.31 bits per heavy atom. The number of hydrogen-bond acceptors (Lipinski definition) is 7. The van der Waals surface area contributed by atoms with Gasteiger partial charge in [0.1, 0.15) is 12.1 Å². The minimum absolute atomic E-state index is 0.159. The minimum Gasteiger partial charge on any atom is -0.406 e. The molecule has 0 unspecified atom stereocenters. The molecule has 2 aromatic carbocycles. The van der Waals surface area contributed by atoms with E-state index in [1.807, 2.05) is 6.92 Å². The Morgan fingerprint density at radius 1 is 1.03 bits per heavy atom. The molecule has 0 saturated carbocycles. The van der Waals surface area contributed by atoms with E-state index in [0.29, 0.717) is 30.5 Å². The predicted octanol–water partition coefficient (Wildman–Crippen LogP) is 6.05. The smallest absolute Gasteiger partial charge is 0.406 e. The average Bonchev–Trinajstić information content (AvgIpc) is 3.38. The topological polar surface area (TPSA) is 80.0 Å². The Morgan fingerprint density at radius 2 is 1.72 bits per heavy atom. The second-order valence-corrected chi connectivity index (χ2v) is 8.54. The van der Waals surface area contributed by atoms with Crippen molar-refractivity contribution in [2.24, 2.45) is 5.16 Å². The van der Waals surface area contributed by atoms with Gasteiger partial charge in [0.05, 0.1) is 17.9 Å². The lowest BCUT2D eigenvalue weighted by atomic mass is 10.0. The third-order valence-corrected chi connectivity index (χ3v) is 5.91.